The van der Waals surface area contributed by atoms with Gasteiger partial charge in [-0.25, -0.2) is 0 Å². The molecule has 1 rings (SSSR count). The number of anilines is 1. The maximum Gasteiger partial charge on any atom is 0.251 e. The molecule has 3 nitrogen and oxygen atoms in total. The van der Waals surface area contributed by atoms with Crippen LogP contribution in [0, 0.1) is 6.92 Å². The summed E-state index contributed by atoms with van der Waals surface area (Å²) < 4.78 is 0. The molecule has 0 aliphatic rings. The minimum Gasteiger partial charge on any atom is -0.382 e. The third kappa shape index (κ3) is 5.78. The predicted octanol–water partition coefficient (Wildman–Crippen LogP) is 4.52. The van der Waals surface area contributed by atoms with Crippen molar-refractivity contribution in [1.82, 2.24) is 5.32 Å². The van der Waals surface area contributed by atoms with Crippen LogP contribution in [-0.4, -0.2) is 19.0 Å². The van der Waals surface area contributed by atoms with Gasteiger partial charge in [0.15, 0.2) is 0 Å². The first kappa shape index (κ1) is 17.5. The summed E-state index contributed by atoms with van der Waals surface area (Å²) in [6, 6.07) is 6.29. The third-order valence-corrected chi connectivity index (χ3v) is 3.95. The van der Waals surface area contributed by atoms with Gasteiger partial charge in [0.1, 0.15) is 0 Å². The molecule has 1 unspecified atom stereocenters. The summed E-state index contributed by atoms with van der Waals surface area (Å²) in [5.41, 5.74) is 2.84. The fraction of sp³-hybridized carbons (Fsp3) is 0.611. The first-order valence-electron chi connectivity index (χ1n) is 8.18. The fourth-order valence-corrected chi connectivity index (χ4v) is 2.56. The highest BCUT2D eigenvalue weighted by Crippen LogP contribution is 2.21. The topological polar surface area (TPSA) is 41.1 Å². The van der Waals surface area contributed by atoms with Gasteiger partial charge in [0.2, 0.25) is 0 Å². The number of hydrogen-bond donors (Lipinski definition) is 2. The zero-order valence-corrected chi connectivity index (χ0v) is 14.0. The van der Waals surface area contributed by atoms with Crippen molar-refractivity contribution in [3.8, 4) is 0 Å². The average Bonchev–Trinajstić information content (AvgIpc) is 2.48. The Balaban J connectivity index is 2.52. The van der Waals surface area contributed by atoms with E-state index in [-0.39, 0.29) is 5.91 Å². The van der Waals surface area contributed by atoms with Crippen LogP contribution in [-0.2, 0) is 0 Å². The Kier molecular flexibility index (Phi) is 7.88. The Morgan fingerprint density at radius 3 is 2.57 bits per heavy atom. The van der Waals surface area contributed by atoms with Crippen LogP contribution in [0.2, 0.25) is 0 Å². The van der Waals surface area contributed by atoms with E-state index in [2.05, 4.69) is 30.5 Å². The molecular weight excluding hydrogens is 260 g/mol. The molecule has 0 saturated heterocycles. The van der Waals surface area contributed by atoms with Crippen LogP contribution in [0.5, 0.6) is 0 Å². The van der Waals surface area contributed by atoms with Crippen LogP contribution in [0.1, 0.15) is 68.3 Å². The number of amides is 1. The zero-order valence-electron chi connectivity index (χ0n) is 14.0. The molecule has 0 spiro atoms. The average molecular weight is 290 g/mol. The Morgan fingerprint density at radius 2 is 1.90 bits per heavy atom. The molecule has 21 heavy (non-hydrogen) atoms. The van der Waals surface area contributed by atoms with Crippen LogP contribution in [0.25, 0.3) is 0 Å². The van der Waals surface area contributed by atoms with Crippen molar-refractivity contribution in [1.29, 1.82) is 0 Å². The molecule has 0 radical (unpaired) electrons. The molecule has 0 aromatic heterocycles. The highest BCUT2D eigenvalue weighted by atomic mass is 16.1. The maximum absolute atomic E-state index is 11.8. The Labute approximate surface area is 129 Å². The molecule has 0 aliphatic heterocycles. The maximum atomic E-state index is 11.8. The van der Waals surface area contributed by atoms with Gasteiger partial charge in [0.25, 0.3) is 5.91 Å². The van der Waals surface area contributed by atoms with Crippen molar-refractivity contribution < 1.29 is 4.79 Å². The summed E-state index contributed by atoms with van der Waals surface area (Å²) >= 11 is 0. The van der Waals surface area contributed by atoms with Gasteiger partial charge in [-0.15, -0.1) is 0 Å². The first-order chi connectivity index (χ1) is 10.1. The summed E-state index contributed by atoms with van der Waals surface area (Å²) in [6.45, 7) is 6.46. The van der Waals surface area contributed by atoms with Crippen molar-refractivity contribution in [3.63, 3.8) is 0 Å². The molecule has 0 bridgehead atoms. The van der Waals surface area contributed by atoms with Gasteiger partial charge < -0.3 is 10.6 Å². The number of hydrogen-bond acceptors (Lipinski definition) is 2. The minimum atomic E-state index is -0.0247. The van der Waals surface area contributed by atoms with E-state index in [1.807, 2.05) is 19.1 Å². The van der Waals surface area contributed by atoms with Gasteiger partial charge in [-0.3, -0.25) is 4.79 Å². The van der Waals surface area contributed by atoms with Gasteiger partial charge in [0, 0.05) is 24.3 Å². The van der Waals surface area contributed by atoms with Crippen molar-refractivity contribution in [2.45, 2.75) is 65.3 Å². The molecule has 2 N–H and O–H groups in total. The van der Waals surface area contributed by atoms with Gasteiger partial charge >= 0.3 is 0 Å². The number of unbranched alkanes of at least 4 members (excludes halogenated alkanes) is 4. The molecular formula is C18H30N2O. The quantitative estimate of drug-likeness (QED) is 0.657. The van der Waals surface area contributed by atoms with Crippen molar-refractivity contribution in [2.24, 2.45) is 0 Å². The van der Waals surface area contributed by atoms with Gasteiger partial charge in [-0.05, 0) is 38.0 Å². The molecule has 1 atom stereocenters. The van der Waals surface area contributed by atoms with E-state index in [0.717, 1.165) is 16.8 Å². The lowest BCUT2D eigenvalue weighted by Gasteiger charge is -2.18. The highest BCUT2D eigenvalue weighted by molar-refractivity contribution is 5.96. The largest absolute Gasteiger partial charge is 0.382 e. The van der Waals surface area contributed by atoms with Crippen LogP contribution in [0.4, 0.5) is 5.69 Å². The van der Waals surface area contributed by atoms with Crippen LogP contribution < -0.4 is 10.6 Å². The molecule has 1 aromatic rings. The van der Waals surface area contributed by atoms with E-state index < -0.39 is 0 Å². The van der Waals surface area contributed by atoms with Crippen LogP contribution >= 0.6 is 0 Å². The van der Waals surface area contributed by atoms with E-state index >= 15 is 0 Å². The van der Waals surface area contributed by atoms with Crippen molar-refractivity contribution in [2.75, 3.05) is 12.4 Å². The van der Waals surface area contributed by atoms with E-state index in [4.69, 9.17) is 0 Å². The highest BCUT2D eigenvalue weighted by Gasteiger charge is 2.11. The lowest BCUT2D eigenvalue weighted by Crippen LogP contribution is -2.21. The number of rotatable bonds is 9. The molecule has 118 valence electrons. The smallest absolute Gasteiger partial charge is 0.251 e. The number of carbonyl (C=O) groups is 1. The molecule has 0 aliphatic carbocycles. The minimum absolute atomic E-state index is 0.0247. The normalized spacial score (nSPS) is 12.0. The molecule has 1 aromatic carbocycles. The molecule has 3 heteroatoms. The lowest BCUT2D eigenvalue weighted by atomic mass is 10.0. The molecule has 0 fully saturated rings. The van der Waals surface area contributed by atoms with E-state index in [0.29, 0.717) is 6.04 Å². The summed E-state index contributed by atoms with van der Waals surface area (Å²) in [7, 11) is 1.67. The molecule has 1 amide bonds. The monoisotopic (exact) mass is 290 g/mol. The van der Waals surface area contributed by atoms with Crippen molar-refractivity contribution >= 4 is 11.6 Å². The van der Waals surface area contributed by atoms with E-state index in [1.54, 1.807) is 7.05 Å². The number of benzene rings is 1. The standard InChI is InChI=1S/C18H30N2O/c1-5-6-7-8-9-11-14(2)20-17-13-10-12-16(15(17)3)18(21)19-4/h10,12-14,20H,5-9,11H2,1-4H3,(H,19,21). The van der Waals surface area contributed by atoms with E-state index in [9.17, 15) is 4.79 Å². The Hall–Kier alpha value is -1.51. The van der Waals surface area contributed by atoms with Crippen LogP contribution in [0.3, 0.4) is 0 Å². The third-order valence-electron chi connectivity index (χ3n) is 3.95. The second-order valence-corrected chi connectivity index (χ2v) is 5.81. The second-order valence-electron chi connectivity index (χ2n) is 5.81. The Morgan fingerprint density at radius 1 is 1.19 bits per heavy atom. The zero-order chi connectivity index (χ0) is 15.7. The summed E-state index contributed by atoms with van der Waals surface area (Å²) in [4.78, 5) is 11.8. The number of carbonyl (C=O) groups excluding carboxylic acids is 1. The summed E-state index contributed by atoms with van der Waals surface area (Å²) in [5.74, 6) is -0.0247. The van der Waals surface area contributed by atoms with Gasteiger partial charge in [-0.1, -0.05) is 45.1 Å². The SMILES string of the molecule is CCCCCCCC(C)Nc1cccc(C(=O)NC)c1C. The predicted molar refractivity (Wildman–Crippen MR) is 91.0 cm³/mol. The molecule has 0 heterocycles. The Bertz CT molecular complexity index is 443. The lowest BCUT2D eigenvalue weighted by molar-refractivity contribution is 0.0962. The van der Waals surface area contributed by atoms with Crippen LogP contribution in [0.15, 0.2) is 18.2 Å². The van der Waals surface area contributed by atoms with Gasteiger partial charge in [0.05, 0.1) is 0 Å². The molecule has 0 saturated carbocycles. The number of nitrogens with one attached hydrogen (secondary N) is 2. The fourth-order valence-electron chi connectivity index (χ4n) is 2.56. The van der Waals surface area contributed by atoms with E-state index in [1.165, 1.54) is 38.5 Å². The second kappa shape index (κ2) is 9.43. The van der Waals surface area contributed by atoms with Gasteiger partial charge in [-0.2, -0.15) is 0 Å². The first-order valence-corrected chi connectivity index (χ1v) is 8.18. The van der Waals surface area contributed by atoms with Crippen molar-refractivity contribution in [3.05, 3.63) is 29.3 Å². The summed E-state index contributed by atoms with van der Waals surface area (Å²) in [5, 5.41) is 6.23. The summed E-state index contributed by atoms with van der Waals surface area (Å²) in [6.07, 6.45) is 7.73.